The van der Waals surface area contributed by atoms with Crippen molar-refractivity contribution in [1.29, 1.82) is 0 Å². The third-order valence-corrected chi connectivity index (χ3v) is 22.5. The van der Waals surface area contributed by atoms with E-state index in [1.807, 2.05) is 18.2 Å². The molecule has 0 amide bonds. The Morgan fingerprint density at radius 3 is 0.715 bits per heavy atom. The number of aliphatic hydroxyl groups is 2. The van der Waals surface area contributed by atoms with Crippen LogP contribution in [0, 0.1) is 0 Å². The van der Waals surface area contributed by atoms with Crippen molar-refractivity contribution in [2.45, 2.75) is 424 Å². The minimum atomic E-state index is -4.96. The molecule has 0 aliphatic rings. The van der Waals surface area contributed by atoms with Gasteiger partial charge in [-0.15, -0.1) is 0 Å². The van der Waals surface area contributed by atoms with E-state index in [0.29, 0.717) is 25.7 Å². The van der Waals surface area contributed by atoms with Crippen LogP contribution in [0.1, 0.15) is 406 Å². The third-order valence-electron chi connectivity index (χ3n) is 20.6. The lowest BCUT2D eigenvalue weighted by atomic mass is 10.0. The van der Waals surface area contributed by atoms with Gasteiger partial charge in [-0.2, -0.15) is 0 Å². The Bertz CT molecular complexity index is 2970. The molecule has 0 radical (unpaired) electrons. The zero-order chi connectivity index (χ0) is 89.3. The quantitative estimate of drug-likeness (QED) is 0.0146. The van der Waals surface area contributed by atoms with Gasteiger partial charge < -0.3 is 34.2 Å². The number of ether oxygens (including phenoxy) is 3. The summed E-state index contributed by atoms with van der Waals surface area (Å²) in [6, 6.07) is 0. The normalized spacial score (nSPS) is 14.5. The van der Waals surface area contributed by atoms with Crippen LogP contribution in [0.5, 0.6) is 0 Å². The van der Waals surface area contributed by atoms with Gasteiger partial charge in [-0.3, -0.25) is 32.5 Å². The number of phosphoric ester groups is 2. The topological polar surface area (TPSA) is 231 Å². The molecule has 0 aliphatic carbocycles. The monoisotopic (exact) mass is 1760 g/mol. The first-order valence-electron chi connectivity index (χ1n) is 49.1. The number of allylic oxidation sites excluding steroid dienone is 30. The van der Waals surface area contributed by atoms with Crippen LogP contribution in [0.3, 0.4) is 0 Å². The number of carbonyl (C=O) groups excluding carboxylic acids is 3. The van der Waals surface area contributed by atoms with Crippen LogP contribution in [-0.2, 0) is 55.8 Å². The largest absolute Gasteiger partial charge is 0.472 e. The smallest absolute Gasteiger partial charge is 0.463 e. The summed E-state index contributed by atoms with van der Waals surface area (Å²) >= 11 is 0. The summed E-state index contributed by atoms with van der Waals surface area (Å²) in [6.07, 6.45) is 127. The van der Waals surface area contributed by atoms with Gasteiger partial charge in [0, 0.05) is 19.3 Å². The van der Waals surface area contributed by atoms with E-state index >= 15 is 0 Å². The average Bonchev–Trinajstić information content (AvgIpc) is 0.930. The lowest BCUT2D eigenvalue weighted by molar-refractivity contribution is -0.161. The van der Waals surface area contributed by atoms with Gasteiger partial charge >= 0.3 is 33.6 Å². The van der Waals surface area contributed by atoms with Gasteiger partial charge in [0.1, 0.15) is 25.4 Å². The van der Waals surface area contributed by atoms with E-state index < -0.39 is 91.5 Å². The van der Waals surface area contributed by atoms with Gasteiger partial charge in [0.15, 0.2) is 6.10 Å². The van der Waals surface area contributed by atoms with Gasteiger partial charge in [0.2, 0.25) is 0 Å². The maximum Gasteiger partial charge on any atom is 0.472 e. The molecule has 123 heavy (non-hydrogen) atoms. The minimum absolute atomic E-state index is 0.0240. The van der Waals surface area contributed by atoms with E-state index in [1.54, 1.807) is 0 Å². The predicted octanol–water partition coefficient (Wildman–Crippen LogP) is 30.8. The number of hydrogen-bond acceptors (Lipinski definition) is 14. The molecule has 5 unspecified atom stereocenters. The summed E-state index contributed by atoms with van der Waals surface area (Å²) in [5.74, 6) is -1.66. The highest BCUT2D eigenvalue weighted by Crippen LogP contribution is 2.45. The Morgan fingerprint density at radius 2 is 0.447 bits per heavy atom. The molecule has 0 fully saturated rings. The molecular weight excluding hydrogens is 1580 g/mol. The van der Waals surface area contributed by atoms with Gasteiger partial charge in [0.05, 0.1) is 26.4 Å². The molecule has 0 saturated carbocycles. The van der Waals surface area contributed by atoms with Crippen LogP contribution in [-0.4, -0.2) is 95.9 Å². The maximum absolute atomic E-state index is 13.0. The first kappa shape index (κ1) is 118. The zero-order valence-electron chi connectivity index (χ0n) is 77.8. The number of rotatable bonds is 92. The van der Waals surface area contributed by atoms with Crippen molar-refractivity contribution < 1.29 is 75.8 Å². The number of aliphatic hydroxyl groups excluding tert-OH is 2. The summed E-state index contributed by atoms with van der Waals surface area (Å²) in [4.78, 5) is 59.0. The highest BCUT2D eigenvalue weighted by molar-refractivity contribution is 7.47. The first-order valence-corrected chi connectivity index (χ1v) is 52.1. The van der Waals surface area contributed by atoms with Gasteiger partial charge in [-0.05, 0) is 148 Å². The molecule has 704 valence electrons. The number of unbranched alkanes of at least 4 members (excludes halogenated alkanes) is 39. The molecule has 16 nitrogen and oxygen atoms in total. The number of hydrogen-bond donors (Lipinski definition) is 4. The van der Waals surface area contributed by atoms with E-state index in [2.05, 4.69) is 185 Å². The SMILES string of the molecule is CC/C=C\C/C=C\C/C=C\C/C=C\C/C=C\C/C=C\CCC(=O)OC(COC(=O)CCCCCCCCCCCCCCCCCCC/C=C\C/C=C\C/C=C\C/C=C\C/C=C\CC)COP(=O)(O)OCC(O)COP(=O)(O)OCC(O)COC(=O)CCCCCCCCCCCCCCCCCCCCC/C=C\C/C=C\C/C=C\C/C=C\CCCCC. The second kappa shape index (κ2) is 95.7. The van der Waals surface area contributed by atoms with E-state index in [-0.39, 0.29) is 19.3 Å². The molecule has 0 aromatic rings. The molecule has 0 aromatic carbocycles. The van der Waals surface area contributed by atoms with E-state index in [4.69, 9.17) is 32.3 Å². The lowest BCUT2D eigenvalue weighted by Crippen LogP contribution is -2.29. The molecule has 0 bridgehead atoms. The van der Waals surface area contributed by atoms with E-state index in [9.17, 15) is 43.5 Å². The molecule has 0 spiro atoms. The molecule has 18 heteroatoms. The van der Waals surface area contributed by atoms with Gasteiger partial charge in [-0.25, -0.2) is 9.13 Å². The van der Waals surface area contributed by atoms with Crippen molar-refractivity contribution in [2.24, 2.45) is 0 Å². The fourth-order valence-corrected chi connectivity index (χ4v) is 14.8. The second-order valence-corrected chi connectivity index (χ2v) is 35.4. The van der Waals surface area contributed by atoms with E-state index in [0.717, 1.165) is 128 Å². The highest BCUT2D eigenvalue weighted by Gasteiger charge is 2.30. The fourth-order valence-electron chi connectivity index (χ4n) is 13.3. The Labute approximate surface area is 751 Å². The van der Waals surface area contributed by atoms with Crippen molar-refractivity contribution in [2.75, 3.05) is 39.6 Å². The van der Waals surface area contributed by atoms with Crippen LogP contribution < -0.4 is 0 Å². The standard InChI is InChI=1S/C105H178O16P2/c1-4-7-10-13-16-19-22-25-28-31-34-36-38-40-42-44-46-48-49-51-53-54-56-58-60-62-65-67-70-73-76-79-82-85-88-91-103(108)115-94-100(106)95-117-122(111,112)118-96-101(107)97-119-123(113,114)120-99-102(121-105(110)93-90-87-84-81-78-75-72-69-64-33-30-27-24-21-18-15-12-9-6-3)98-116-104(109)92-89-86-83-80-77-74-71-68-66-63-61-59-57-55-52-50-47-45-43-41-39-37-35-32-29-26-23-20-17-14-11-8-5-2/h8-9,11-12,16-21,25-30,34-37,40-43,64,69,75,78,84,87,100-102,106-107H,4-7,10,13-15,22-24,31-33,38-39,44-63,65-68,70-74,76-77,79-83,85-86,88-99H2,1-3H3,(H,111,112)(H,113,114)/b11-8-,12-9-,19-16-,20-17-,21-18-,28-25-,29-26-,30-27-,36-34-,37-35-,42-40-,43-41-,69-64-,78-75-,87-84-. The van der Waals surface area contributed by atoms with Crippen molar-refractivity contribution in [3.8, 4) is 0 Å². The summed E-state index contributed by atoms with van der Waals surface area (Å²) < 4.78 is 61.4. The molecule has 4 N–H and O–H groups in total. The minimum Gasteiger partial charge on any atom is -0.463 e. The molecule has 0 rings (SSSR count). The van der Waals surface area contributed by atoms with Crippen LogP contribution in [0.15, 0.2) is 182 Å². The van der Waals surface area contributed by atoms with Crippen molar-refractivity contribution in [3.63, 3.8) is 0 Å². The van der Waals surface area contributed by atoms with Crippen molar-refractivity contribution >= 4 is 33.6 Å². The zero-order valence-corrected chi connectivity index (χ0v) is 79.6. The number of phosphoric acid groups is 2. The molecule has 5 atom stereocenters. The molecule has 0 saturated heterocycles. The molecule has 0 aliphatic heterocycles. The van der Waals surface area contributed by atoms with Gasteiger partial charge in [0.25, 0.3) is 0 Å². The molecular formula is C105H178O16P2. The van der Waals surface area contributed by atoms with Crippen molar-refractivity contribution in [1.82, 2.24) is 0 Å². The summed E-state index contributed by atoms with van der Waals surface area (Å²) in [6.45, 7) is 2.39. The highest BCUT2D eigenvalue weighted by atomic mass is 31.2. The van der Waals surface area contributed by atoms with E-state index in [1.165, 1.54) is 212 Å². The van der Waals surface area contributed by atoms with Crippen molar-refractivity contribution in [3.05, 3.63) is 182 Å². The Morgan fingerprint density at radius 1 is 0.236 bits per heavy atom. The molecule has 0 aromatic heterocycles. The second-order valence-electron chi connectivity index (χ2n) is 32.5. The van der Waals surface area contributed by atoms with Gasteiger partial charge in [-0.1, -0.05) is 421 Å². The Balaban J connectivity index is 4.52. The number of carbonyl (C=O) groups is 3. The Hall–Kier alpha value is -5.35. The maximum atomic E-state index is 13.0. The van der Waals surface area contributed by atoms with Crippen LogP contribution in [0.2, 0.25) is 0 Å². The first-order chi connectivity index (χ1) is 60.2. The lowest BCUT2D eigenvalue weighted by Gasteiger charge is -2.21. The predicted molar refractivity (Wildman–Crippen MR) is 518 cm³/mol. The van der Waals surface area contributed by atoms with Crippen LogP contribution in [0.4, 0.5) is 0 Å². The Kier molecular flexibility index (Phi) is 91.6. The average molecular weight is 1760 g/mol. The summed E-state index contributed by atoms with van der Waals surface area (Å²) in [5, 5.41) is 20.8. The van der Waals surface area contributed by atoms with Crippen LogP contribution >= 0.6 is 15.6 Å². The fraction of sp³-hybridized carbons (Fsp3) is 0.686. The molecule has 0 heterocycles. The third kappa shape index (κ3) is 97.1. The number of esters is 3. The summed E-state index contributed by atoms with van der Waals surface area (Å²) in [7, 11) is -9.84. The summed E-state index contributed by atoms with van der Waals surface area (Å²) in [5.41, 5.74) is 0. The van der Waals surface area contributed by atoms with Crippen LogP contribution in [0.25, 0.3) is 0 Å².